The number of nitrogens with zero attached hydrogens (tertiary/aromatic N) is 6. The van der Waals surface area contributed by atoms with Crippen LogP contribution in [0.3, 0.4) is 0 Å². The summed E-state index contributed by atoms with van der Waals surface area (Å²) in [6.07, 6.45) is 5.79. The van der Waals surface area contributed by atoms with Crippen LogP contribution in [0.5, 0.6) is 0 Å². The average molecular weight is 402 g/mol. The van der Waals surface area contributed by atoms with Crippen molar-refractivity contribution >= 4 is 23.2 Å². The molecule has 1 aliphatic rings. The van der Waals surface area contributed by atoms with E-state index in [1.165, 1.54) is 4.88 Å². The summed E-state index contributed by atoms with van der Waals surface area (Å²) in [7, 11) is 3.96. The Kier molecular flexibility index (Phi) is 8.05. The number of piperazine rings is 1. The fourth-order valence-corrected chi connectivity index (χ4v) is 4.05. The van der Waals surface area contributed by atoms with Crippen LogP contribution in [0.25, 0.3) is 0 Å². The summed E-state index contributed by atoms with van der Waals surface area (Å²) in [5, 5.41) is 5.63. The monoisotopic (exact) mass is 401 g/mol. The molecule has 1 saturated heterocycles. The van der Waals surface area contributed by atoms with Gasteiger partial charge in [-0.25, -0.2) is 9.97 Å². The number of rotatable bonds is 8. The van der Waals surface area contributed by atoms with E-state index in [9.17, 15) is 0 Å². The number of likely N-dealkylation sites (N-methyl/N-ethyl adjacent to an activating group) is 1. The minimum atomic E-state index is 0.846. The predicted octanol–water partition coefficient (Wildman–Crippen LogP) is 1.80. The number of thiophene rings is 1. The molecule has 0 amide bonds. The van der Waals surface area contributed by atoms with Gasteiger partial charge in [-0.2, -0.15) is 0 Å². The number of hydrogen-bond donors (Lipinski definition) is 1. The quantitative estimate of drug-likeness (QED) is 0.414. The molecule has 0 spiro atoms. The van der Waals surface area contributed by atoms with Crippen molar-refractivity contribution in [3.63, 3.8) is 0 Å². The number of anilines is 1. The smallest absolute Gasteiger partial charge is 0.225 e. The number of aromatic nitrogens is 2. The number of guanidine groups is 1. The standard InChI is InChI=1S/C20H31N7S/c1-21-19(25(2)12-7-18-6-3-17-28-18)22-10-5-11-26-13-15-27(16-14-26)20-23-8-4-9-24-20/h3-4,6,8-9,17H,5,7,10-16H2,1-2H3,(H,21,22). The van der Waals surface area contributed by atoms with Gasteiger partial charge in [0, 0.05) is 70.6 Å². The zero-order valence-corrected chi connectivity index (χ0v) is 17.7. The minimum Gasteiger partial charge on any atom is -0.356 e. The van der Waals surface area contributed by atoms with Gasteiger partial charge in [0.15, 0.2) is 5.96 Å². The first-order valence-corrected chi connectivity index (χ1v) is 10.8. The summed E-state index contributed by atoms with van der Waals surface area (Å²) in [5.41, 5.74) is 0. The molecule has 1 aliphatic heterocycles. The molecule has 3 rings (SSSR count). The van der Waals surface area contributed by atoms with Crippen LogP contribution < -0.4 is 10.2 Å². The van der Waals surface area contributed by atoms with E-state index >= 15 is 0 Å². The molecule has 152 valence electrons. The van der Waals surface area contributed by atoms with E-state index in [0.717, 1.165) is 70.6 Å². The van der Waals surface area contributed by atoms with Crippen LogP contribution in [0.15, 0.2) is 41.0 Å². The maximum absolute atomic E-state index is 4.42. The third-order valence-corrected chi connectivity index (χ3v) is 5.92. The van der Waals surface area contributed by atoms with E-state index < -0.39 is 0 Å². The fraction of sp³-hybridized carbons (Fsp3) is 0.550. The molecule has 2 aromatic rings. The zero-order valence-electron chi connectivity index (χ0n) is 16.9. The molecule has 7 nitrogen and oxygen atoms in total. The van der Waals surface area contributed by atoms with E-state index in [1.54, 1.807) is 0 Å². The molecule has 0 saturated carbocycles. The fourth-order valence-electron chi connectivity index (χ4n) is 3.35. The normalized spacial score (nSPS) is 15.6. The zero-order chi connectivity index (χ0) is 19.6. The van der Waals surface area contributed by atoms with Crippen LogP contribution in [0.2, 0.25) is 0 Å². The molecule has 0 radical (unpaired) electrons. The topological polar surface area (TPSA) is 59.9 Å². The lowest BCUT2D eigenvalue weighted by molar-refractivity contribution is 0.254. The Morgan fingerprint density at radius 2 is 2.00 bits per heavy atom. The molecular formula is C20H31N7S. The summed E-state index contributed by atoms with van der Waals surface area (Å²) in [5.74, 6) is 1.82. The Morgan fingerprint density at radius 3 is 2.68 bits per heavy atom. The molecular weight excluding hydrogens is 370 g/mol. The lowest BCUT2D eigenvalue weighted by Gasteiger charge is -2.34. The van der Waals surface area contributed by atoms with Crippen LogP contribution >= 0.6 is 11.3 Å². The first-order chi connectivity index (χ1) is 13.8. The molecule has 0 unspecified atom stereocenters. The second-order valence-corrected chi connectivity index (χ2v) is 7.99. The lowest BCUT2D eigenvalue weighted by atomic mass is 10.3. The van der Waals surface area contributed by atoms with Crippen molar-refractivity contribution in [1.29, 1.82) is 0 Å². The van der Waals surface area contributed by atoms with Crippen molar-refractivity contribution in [2.45, 2.75) is 12.8 Å². The molecule has 1 fully saturated rings. The molecule has 0 aromatic carbocycles. The van der Waals surface area contributed by atoms with Crippen LogP contribution in [0.1, 0.15) is 11.3 Å². The molecule has 0 bridgehead atoms. The van der Waals surface area contributed by atoms with Crippen LogP contribution in [-0.4, -0.2) is 85.6 Å². The second kappa shape index (κ2) is 11.0. The lowest BCUT2D eigenvalue weighted by Crippen LogP contribution is -2.47. The average Bonchev–Trinajstić information content (AvgIpc) is 3.27. The summed E-state index contributed by atoms with van der Waals surface area (Å²) >= 11 is 1.82. The third kappa shape index (κ3) is 6.17. The van der Waals surface area contributed by atoms with Gasteiger partial charge in [-0.05, 0) is 36.9 Å². The maximum atomic E-state index is 4.42. The van der Waals surface area contributed by atoms with Gasteiger partial charge >= 0.3 is 0 Å². The third-order valence-electron chi connectivity index (χ3n) is 4.99. The number of nitrogens with one attached hydrogen (secondary N) is 1. The first kappa shape index (κ1) is 20.5. The molecule has 0 aliphatic carbocycles. The summed E-state index contributed by atoms with van der Waals surface area (Å²) < 4.78 is 0. The Balaban J connectivity index is 1.30. The van der Waals surface area contributed by atoms with Crippen molar-refractivity contribution in [1.82, 2.24) is 25.1 Å². The van der Waals surface area contributed by atoms with E-state index in [1.807, 2.05) is 36.8 Å². The van der Waals surface area contributed by atoms with Gasteiger partial charge in [-0.15, -0.1) is 11.3 Å². The van der Waals surface area contributed by atoms with Crippen molar-refractivity contribution in [2.75, 3.05) is 64.8 Å². The van der Waals surface area contributed by atoms with Crippen LogP contribution in [-0.2, 0) is 6.42 Å². The largest absolute Gasteiger partial charge is 0.356 e. The van der Waals surface area contributed by atoms with Gasteiger partial charge < -0.3 is 15.1 Å². The Bertz CT molecular complexity index is 697. The highest BCUT2D eigenvalue weighted by atomic mass is 32.1. The highest BCUT2D eigenvalue weighted by Gasteiger charge is 2.18. The Morgan fingerprint density at radius 1 is 1.21 bits per heavy atom. The molecule has 28 heavy (non-hydrogen) atoms. The van der Waals surface area contributed by atoms with Gasteiger partial charge in [0.05, 0.1) is 0 Å². The molecule has 0 atom stereocenters. The van der Waals surface area contributed by atoms with E-state index in [0.29, 0.717) is 0 Å². The molecule has 3 heterocycles. The van der Waals surface area contributed by atoms with Crippen molar-refractivity contribution in [2.24, 2.45) is 4.99 Å². The molecule has 2 aromatic heterocycles. The molecule has 1 N–H and O–H groups in total. The van der Waals surface area contributed by atoms with E-state index in [-0.39, 0.29) is 0 Å². The van der Waals surface area contributed by atoms with Gasteiger partial charge in [-0.1, -0.05) is 6.07 Å². The second-order valence-electron chi connectivity index (χ2n) is 6.96. The van der Waals surface area contributed by atoms with Gasteiger partial charge in [-0.3, -0.25) is 9.89 Å². The summed E-state index contributed by atoms with van der Waals surface area (Å²) in [4.78, 5) is 21.5. The van der Waals surface area contributed by atoms with Gasteiger partial charge in [0.1, 0.15) is 0 Å². The summed E-state index contributed by atoms with van der Waals surface area (Å²) in [6.45, 7) is 7.13. The van der Waals surface area contributed by atoms with Gasteiger partial charge in [0.2, 0.25) is 5.95 Å². The predicted molar refractivity (Wildman–Crippen MR) is 117 cm³/mol. The summed E-state index contributed by atoms with van der Waals surface area (Å²) in [6, 6.07) is 6.17. The molecule has 8 heteroatoms. The van der Waals surface area contributed by atoms with Crippen molar-refractivity contribution in [3.05, 3.63) is 40.8 Å². The van der Waals surface area contributed by atoms with E-state index in [4.69, 9.17) is 0 Å². The maximum Gasteiger partial charge on any atom is 0.225 e. The highest BCUT2D eigenvalue weighted by molar-refractivity contribution is 7.09. The van der Waals surface area contributed by atoms with E-state index in [2.05, 4.69) is 59.5 Å². The SMILES string of the molecule is CN=C(NCCCN1CCN(c2ncccn2)CC1)N(C)CCc1cccs1. The number of hydrogen-bond acceptors (Lipinski definition) is 6. The van der Waals surface area contributed by atoms with Crippen molar-refractivity contribution < 1.29 is 0 Å². The van der Waals surface area contributed by atoms with Crippen LogP contribution in [0, 0.1) is 0 Å². The minimum absolute atomic E-state index is 0.846. The Labute approximate surface area is 172 Å². The highest BCUT2D eigenvalue weighted by Crippen LogP contribution is 2.10. The number of aliphatic imine (C=N–C) groups is 1. The Hall–Kier alpha value is -2.19. The first-order valence-electron chi connectivity index (χ1n) is 9.95. The van der Waals surface area contributed by atoms with Crippen LogP contribution in [0.4, 0.5) is 5.95 Å². The van der Waals surface area contributed by atoms with Gasteiger partial charge in [0.25, 0.3) is 0 Å². The van der Waals surface area contributed by atoms with Crippen molar-refractivity contribution in [3.8, 4) is 0 Å².